The first kappa shape index (κ1) is 16.3. The van der Waals surface area contributed by atoms with Crippen molar-refractivity contribution >= 4 is 21.4 Å². The van der Waals surface area contributed by atoms with Crippen molar-refractivity contribution in [1.29, 1.82) is 0 Å². The summed E-state index contributed by atoms with van der Waals surface area (Å²) >= 11 is 5.62. The molecule has 0 heterocycles. The van der Waals surface area contributed by atoms with Crippen molar-refractivity contribution in [2.45, 2.75) is 23.6 Å². The second-order valence-electron chi connectivity index (χ2n) is 4.04. The van der Waals surface area contributed by atoms with Crippen LogP contribution in [0, 0.1) is 0 Å². The zero-order valence-corrected chi connectivity index (χ0v) is 11.4. The topological polar surface area (TPSA) is 60.2 Å². The van der Waals surface area contributed by atoms with E-state index in [1.807, 2.05) is 0 Å². The lowest BCUT2D eigenvalue weighted by molar-refractivity contribution is -0.131. The van der Waals surface area contributed by atoms with Crippen molar-refractivity contribution in [2.75, 3.05) is 6.54 Å². The van der Waals surface area contributed by atoms with Crippen molar-refractivity contribution in [1.82, 2.24) is 0 Å². The van der Waals surface area contributed by atoms with Crippen LogP contribution < -0.4 is 5.73 Å². The fourth-order valence-corrected chi connectivity index (χ4v) is 3.50. The van der Waals surface area contributed by atoms with E-state index in [0.717, 1.165) is 0 Å². The molecule has 0 amide bonds. The van der Waals surface area contributed by atoms with Crippen molar-refractivity contribution < 1.29 is 21.6 Å². The first-order valence-corrected chi connectivity index (χ1v) is 7.49. The average Bonchev–Trinajstić information content (AvgIpc) is 2.27. The molecular formula is C11H13ClF3NO2S. The number of benzene rings is 1. The van der Waals surface area contributed by atoms with Crippen molar-refractivity contribution in [3.8, 4) is 0 Å². The van der Waals surface area contributed by atoms with Crippen molar-refractivity contribution in [2.24, 2.45) is 5.73 Å². The third-order valence-electron chi connectivity index (χ3n) is 2.51. The first-order valence-electron chi connectivity index (χ1n) is 5.39. The maximum atomic E-state index is 12.7. The monoisotopic (exact) mass is 315 g/mol. The predicted octanol–water partition coefficient (Wildman–Crippen LogP) is 2.53. The van der Waals surface area contributed by atoms with Gasteiger partial charge in [-0.05, 0) is 30.7 Å². The van der Waals surface area contributed by atoms with Crippen LogP contribution in [-0.2, 0) is 15.6 Å². The molecule has 1 aromatic rings. The van der Waals surface area contributed by atoms with Crippen molar-refractivity contribution in [3.05, 3.63) is 34.9 Å². The van der Waals surface area contributed by atoms with E-state index in [1.54, 1.807) is 0 Å². The van der Waals surface area contributed by atoms with E-state index in [0.29, 0.717) is 5.02 Å². The van der Waals surface area contributed by atoms with E-state index < -0.39 is 33.4 Å². The smallest absolute Gasteiger partial charge is 0.330 e. The Kier molecular flexibility index (Phi) is 5.23. The third kappa shape index (κ3) is 4.67. The first-order chi connectivity index (χ1) is 8.66. The van der Waals surface area contributed by atoms with E-state index in [-0.39, 0.29) is 12.1 Å². The van der Waals surface area contributed by atoms with Gasteiger partial charge in [0.1, 0.15) is 0 Å². The summed E-state index contributed by atoms with van der Waals surface area (Å²) in [5.41, 5.74) is 5.31. The van der Waals surface area contributed by atoms with E-state index >= 15 is 0 Å². The lowest BCUT2D eigenvalue weighted by Crippen LogP contribution is -2.39. The van der Waals surface area contributed by atoms with Crippen LogP contribution in [0.15, 0.2) is 24.3 Å². The normalized spacial score (nSPS) is 14.4. The largest absolute Gasteiger partial charge is 0.405 e. The standard InChI is InChI=1S/C11H13ClF3NO2S/c12-9-3-1-8(2-4-9)7-19(17,18)10(5-6-16)11(13,14)15/h1-4,10H,5-7,16H2. The molecule has 0 aliphatic heterocycles. The Bertz CT molecular complexity index is 514. The summed E-state index contributed by atoms with van der Waals surface area (Å²) in [5, 5.41) is -2.05. The Morgan fingerprint density at radius 3 is 2.16 bits per heavy atom. The minimum absolute atomic E-state index is 0.260. The molecule has 0 radical (unpaired) electrons. The Morgan fingerprint density at radius 2 is 1.74 bits per heavy atom. The highest BCUT2D eigenvalue weighted by Crippen LogP contribution is 2.30. The van der Waals surface area contributed by atoms with Crippen LogP contribution in [0.25, 0.3) is 0 Å². The molecule has 2 N–H and O–H groups in total. The molecule has 1 rings (SSSR count). The highest BCUT2D eigenvalue weighted by atomic mass is 35.5. The summed E-state index contributed by atoms with van der Waals surface area (Å²) in [6.07, 6.45) is -5.45. The molecule has 0 aliphatic carbocycles. The molecule has 8 heteroatoms. The van der Waals surface area contributed by atoms with Crippen LogP contribution in [0.3, 0.4) is 0 Å². The van der Waals surface area contributed by atoms with Gasteiger partial charge in [-0.15, -0.1) is 0 Å². The molecule has 1 aromatic carbocycles. The Balaban J connectivity index is 2.98. The van der Waals surface area contributed by atoms with Crippen LogP contribution in [0.5, 0.6) is 0 Å². The number of hydrogen-bond donors (Lipinski definition) is 1. The highest BCUT2D eigenvalue weighted by molar-refractivity contribution is 7.91. The number of alkyl halides is 3. The molecule has 0 bridgehead atoms. The molecule has 0 saturated carbocycles. The van der Waals surface area contributed by atoms with E-state index in [2.05, 4.69) is 0 Å². The van der Waals surface area contributed by atoms with Gasteiger partial charge in [0, 0.05) is 5.02 Å². The van der Waals surface area contributed by atoms with Gasteiger partial charge < -0.3 is 5.73 Å². The summed E-state index contributed by atoms with van der Waals surface area (Å²) in [5.74, 6) is -0.686. The second-order valence-corrected chi connectivity index (χ2v) is 6.66. The van der Waals surface area contributed by atoms with Crippen LogP contribution in [-0.4, -0.2) is 26.4 Å². The number of halogens is 4. The van der Waals surface area contributed by atoms with E-state index in [9.17, 15) is 21.6 Å². The van der Waals surface area contributed by atoms with Gasteiger partial charge >= 0.3 is 6.18 Å². The molecule has 0 aliphatic rings. The quantitative estimate of drug-likeness (QED) is 0.908. The zero-order valence-electron chi connectivity index (χ0n) is 9.82. The molecule has 108 valence electrons. The average molecular weight is 316 g/mol. The molecule has 0 fully saturated rings. The SMILES string of the molecule is NCCC(C(F)(F)F)S(=O)(=O)Cc1ccc(Cl)cc1. The maximum Gasteiger partial charge on any atom is 0.405 e. The fourth-order valence-electron chi connectivity index (χ4n) is 1.61. The number of sulfone groups is 1. The van der Waals surface area contributed by atoms with Gasteiger partial charge in [0.2, 0.25) is 0 Å². The zero-order chi connectivity index (χ0) is 14.7. The van der Waals surface area contributed by atoms with Gasteiger partial charge in [0.05, 0.1) is 5.75 Å². The molecule has 1 unspecified atom stereocenters. The molecule has 19 heavy (non-hydrogen) atoms. The molecular weight excluding hydrogens is 303 g/mol. The predicted molar refractivity (Wildman–Crippen MR) is 67.6 cm³/mol. The van der Waals surface area contributed by atoms with Crippen molar-refractivity contribution in [3.63, 3.8) is 0 Å². The third-order valence-corrected chi connectivity index (χ3v) is 4.87. The van der Waals surface area contributed by atoms with Crippen LogP contribution >= 0.6 is 11.6 Å². The molecule has 1 atom stereocenters. The molecule has 3 nitrogen and oxygen atoms in total. The second kappa shape index (κ2) is 6.11. The Morgan fingerprint density at radius 1 is 1.21 bits per heavy atom. The van der Waals surface area contributed by atoms with Crippen LogP contribution in [0.1, 0.15) is 12.0 Å². The number of rotatable bonds is 5. The summed E-state index contributed by atoms with van der Waals surface area (Å²) in [6.45, 7) is -0.343. The minimum atomic E-state index is -4.81. The fraction of sp³-hybridized carbons (Fsp3) is 0.455. The summed E-state index contributed by atoms with van der Waals surface area (Å²) in [7, 11) is -4.36. The Hall–Kier alpha value is -0.790. The summed E-state index contributed by atoms with van der Waals surface area (Å²) < 4.78 is 61.8. The van der Waals surface area contributed by atoms with Gasteiger partial charge in [-0.2, -0.15) is 13.2 Å². The summed E-state index contributed by atoms with van der Waals surface area (Å²) in [4.78, 5) is 0. The number of nitrogens with two attached hydrogens (primary N) is 1. The van der Waals surface area contributed by atoms with Gasteiger partial charge in [-0.25, -0.2) is 8.42 Å². The lowest BCUT2D eigenvalue weighted by Gasteiger charge is -2.20. The van der Waals surface area contributed by atoms with E-state index in [4.69, 9.17) is 17.3 Å². The highest BCUT2D eigenvalue weighted by Gasteiger charge is 2.47. The van der Waals surface area contributed by atoms with Gasteiger partial charge in [0.25, 0.3) is 0 Å². The molecule has 0 spiro atoms. The van der Waals surface area contributed by atoms with Gasteiger partial charge in [-0.1, -0.05) is 23.7 Å². The Labute approximate surface area is 114 Å². The molecule has 0 saturated heterocycles. The minimum Gasteiger partial charge on any atom is -0.330 e. The van der Waals surface area contributed by atoms with Crippen LogP contribution in [0.2, 0.25) is 5.02 Å². The van der Waals surface area contributed by atoms with Gasteiger partial charge in [-0.3, -0.25) is 0 Å². The number of hydrogen-bond acceptors (Lipinski definition) is 3. The van der Waals surface area contributed by atoms with E-state index in [1.165, 1.54) is 24.3 Å². The maximum absolute atomic E-state index is 12.7. The van der Waals surface area contributed by atoms with Gasteiger partial charge in [0.15, 0.2) is 15.1 Å². The lowest BCUT2D eigenvalue weighted by atomic mass is 10.2. The summed E-state index contributed by atoms with van der Waals surface area (Å²) in [6, 6.07) is 5.63. The van der Waals surface area contributed by atoms with Crippen LogP contribution in [0.4, 0.5) is 13.2 Å². The molecule has 0 aromatic heterocycles.